The van der Waals surface area contributed by atoms with Gasteiger partial charge in [0, 0.05) is 13.1 Å². The van der Waals surface area contributed by atoms with Crippen LogP contribution in [0.2, 0.25) is 0 Å². The van der Waals surface area contributed by atoms with Crippen molar-refractivity contribution < 1.29 is 22.9 Å². The summed E-state index contributed by atoms with van der Waals surface area (Å²) < 4.78 is 40.4. The topological polar surface area (TPSA) is 77.2 Å². The minimum atomic E-state index is -1.72. The molecule has 0 saturated carbocycles. The van der Waals surface area contributed by atoms with E-state index in [1.807, 2.05) is 5.32 Å². The van der Waals surface area contributed by atoms with E-state index in [0.29, 0.717) is 6.07 Å². The van der Waals surface area contributed by atoms with E-state index in [-0.39, 0.29) is 11.4 Å². The van der Waals surface area contributed by atoms with Crippen LogP contribution in [0.5, 0.6) is 0 Å². The van der Waals surface area contributed by atoms with Gasteiger partial charge in [-0.05, 0) is 12.1 Å². The molecule has 1 N–H and O–H groups in total. The van der Waals surface area contributed by atoms with Gasteiger partial charge in [-0.25, -0.2) is 13.2 Å². The van der Waals surface area contributed by atoms with Gasteiger partial charge < -0.3 is 9.88 Å². The molecule has 21 heavy (non-hydrogen) atoms. The number of aryl methyl sites for hydroxylation is 1. The van der Waals surface area contributed by atoms with Crippen molar-refractivity contribution in [3.05, 3.63) is 57.7 Å². The summed E-state index contributed by atoms with van der Waals surface area (Å²) in [4.78, 5) is 21.8. The van der Waals surface area contributed by atoms with Crippen LogP contribution in [-0.4, -0.2) is 15.4 Å². The summed E-state index contributed by atoms with van der Waals surface area (Å²) in [6, 6.07) is 2.48. The van der Waals surface area contributed by atoms with Crippen molar-refractivity contribution in [3.63, 3.8) is 0 Å². The lowest BCUT2D eigenvalue weighted by molar-refractivity contribution is -0.384. The number of amides is 1. The number of hydrogen-bond acceptors (Lipinski definition) is 3. The second kappa shape index (κ2) is 5.27. The lowest BCUT2D eigenvalue weighted by atomic mass is 10.2. The van der Waals surface area contributed by atoms with Gasteiger partial charge in [0.15, 0.2) is 17.5 Å². The molecule has 0 radical (unpaired) electrons. The summed E-state index contributed by atoms with van der Waals surface area (Å²) in [6.07, 6.45) is 1.09. The molecule has 0 unspecified atom stereocenters. The third-order valence-corrected chi connectivity index (χ3v) is 2.72. The average Bonchev–Trinajstić information content (AvgIpc) is 2.82. The number of nitrogens with one attached hydrogen (secondary N) is 1. The van der Waals surface area contributed by atoms with Crippen LogP contribution in [0, 0.1) is 27.6 Å². The van der Waals surface area contributed by atoms with Gasteiger partial charge in [-0.2, -0.15) is 0 Å². The molecule has 0 aliphatic rings. The zero-order valence-electron chi connectivity index (χ0n) is 10.6. The molecule has 0 fully saturated rings. The monoisotopic (exact) mass is 299 g/mol. The first-order valence-electron chi connectivity index (χ1n) is 5.57. The van der Waals surface area contributed by atoms with Crippen molar-refractivity contribution in [2.45, 2.75) is 0 Å². The first-order chi connectivity index (χ1) is 9.81. The van der Waals surface area contributed by atoms with Crippen LogP contribution in [0.15, 0.2) is 24.4 Å². The molecule has 110 valence electrons. The van der Waals surface area contributed by atoms with E-state index in [2.05, 4.69) is 0 Å². The minimum absolute atomic E-state index is 0.133. The standard InChI is InChI=1S/C12H8F3N3O3/c1-17-5-6(18(20)21)4-9(17)12(19)16-8-3-2-7(13)10(14)11(8)15/h2-5H,1H3,(H,16,19). The molecule has 0 saturated heterocycles. The van der Waals surface area contributed by atoms with Crippen LogP contribution in [0.4, 0.5) is 24.5 Å². The maximum atomic E-state index is 13.4. The van der Waals surface area contributed by atoms with E-state index >= 15 is 0 Å². The number of nitro groups is 1. The van der Waals surface area contributed by atoms with E-state index in [4.69, 9.17) is 0 Å². The highest BCUT2D eigenvalue weighted by Gasteiger charge is 2.20. The van der Waals surface area contributed by atoms with E-state index in [1.165, 1.54) is 7.05 Å². The minimum Gasteiger partial charge on any atom is -0.340 e. The molecule has 2 aromatic rings. The summed E-state index contributed by atoms with van der Waals surface area (Å²) in [7, 11) is 1.38. The van der Waals surface area contributed by atoms with Gasteiger partial charge in [0.25, 0.3) is 11.6 Å². The zero-order chi connectivity index (χ0) is 15.7. The van der Waals surface area contributed by atoms with E-state index in [1.54, 1.807) is 0 Å². The van der Waals surface area contributed by atoms with Crippen LogP contribution in [0.1, 0.15) is 10.5 Å². The molecule has 1 aromatic heterocycles. The molecule has 0 bridgehead atoms. The first kappa shape index (κ1) is 14.6. The lowest BCUT2D eigenvalue weighted by Gasteiger charge is -2.07. The molecule has 0 aliphatic carbocycles. The number of nitrogens with zero attached hydrogens (tertiary/aromatic N) is 2. The summed E-state index contributed by atoms with van der Waals surface area (Å²) in [5.74, 6) is -5.55. The van der Waals surface area contributed by atoms with E-state index in [9.17, 15) is 28.1 Å². The van der Waals surface area contributed by atoms with Gasteiger partial charge in [0.05, 0.1) is 16.8 Å². The quantitative estimate of drug-likeness (QED) is 0.537. The molecule has 1 amide bonds. The van der Waals surface area contributed by atoms with E-state index in [0.717, 1.165) is 22.9 Å². The Kier molecular flexibility index (Phi) is 3.66. The summed E-state index contributed by atoms with van der Waals surface area (Å²) in [6.45, 7) is 0. The number of carbonyl (C=O) groups excluding carboxylic acids is 1. The van der Waals surface area contributed by atoms with Crippen LogP contribution >= 0.6 is 0 Å². The second-order valence-corrected chi connectivity index (χ2v) is 4.13. The Labute approximate surface area is 115 Å². The molecular formula is C12H8F3N3O3. The van der Waals surface area contributed by atoms with Gasteiger partial charge in [-0.1, -0.05) is 0 Å². The number of halogens is 3. The van der Waals surface area contributed by atoms with Crippen LogP contribution in [-0.2, 0) is 7.05 Å². The lowest BCUT2D eigenvalue weighted by Crippen LogP contribution is -2.16. The van der Waals surface area contributed by atoms with Crippen molar-refractivity contribution >= 4 is 17.3 Å². The van der Waals surface area contributed by atoms with Crippen LogP contribution in [0.25, 0.3) is 0 Å². The van der Waals surface area contributed by atoms with Crippen LogP contribution < -0.4 is 5.32 Å². The van der Waals surface area contributed by atoms with Crippen molar-refractivity contribution in [3.8, 4) is 0 Å². The highest BCUT2D eigenvalue weighted by Crippen LogP contribution is 2.21. The number of aromatic nitrogens is 1. The fraction of sp³-hybridized carbons (Fsp3) is 0.0833. The largest absolute Gasteiger partial charge is 0.340 e. The van der Waals surface area contributed by atoms with Gasteiger partial charge >= 0.3 is 0 Å². The van der Waals surface area contributed by atoms with Crippen molar-refractivity contribution in [1.82, 2.24) is 4.57 Å². The highest BCUT2D eigenvalue weighted by atomic mass is 19.2. The number of anilines is 1. The number of rotatable bonds is 3. The summed E-state index contributed by atoms with van der Waals surface area (Å²) >= 11 is 0. The Morgan fingerprint density at radius 2 is 1.95 bits per heavy atom. The molecule has 0 spiro atoms. The molecule has 9 heteroatoms. The van der Waals surface area contributed by atoms with Gasteiger partial charge in [-0.15, -0.1) is 0 Å². The van der Waals surface area contributed by atoms with Gasteiger partial charge in [0.2, 0.25) is 0 Å². The third kappa shape index (κ3) is 2.71. The molecular weight excluding hydrogens is 291 g/mol. The zero-order valence-corrected chi connectivity index (χ0v) is 10.6. The smallest absolute Gasteiger partial charge is 0.287 e. The van der Waals surface area contributed by atoms with Gasteiger partial charge in [0.1, 0.15) is 5.69 Å². The molecule has 0 aliphatic heterocycles. The Balaban J connectivity index is 2.30. The fourth-order valence-electron chi connectivity index (χ4n) is 1.68. The number of carbonyl (C=O) groups is 1. The Bertz CT molecular complexity index is 743. The molecule has 0 atom stereocenters. The molecule has 1 aromatic carbocycles. The predicted octanol–water partition coefficient (Wildman–Crippen LogP) is 2.60. The maximum Gasteiger partial charge on any atom is 0.287 e. The molecule has 2 rings (SSSR count). The number of hydrogen-bond donors (Lipinski definition) is 1. The average molecular weight is 299 g/mol. The second-order valence-electron chi connectivity index (χ2n) is 4.13. The number of benzene rings is 1. The van der Waals surface area contributed by atoms with Crippen LogP contribution in [0.3, 0.4) is 0 Å². The van der Waals surface area contributed by atoms with E-state index < -0.39 is 34.0 Å². The Morgan fingerprint density at radius 3 is 2.52 bits per heavy atom. The van der Waals surface area contributed by atoms with Crippen molar-refractivity contribution in [2.24, 2.45) is 7.05 Å². The SMILES string of the molecule is Cn1cc([N+](=O)[O-])cc1C(=O)Nc1ccc(F)c(F)c1F. The van der Waals surface area contributed by atoms with Crippen molar-refractivity contribution in [1.29, 1.82) is 0 Å². The highest BCUT2D eigenvalue weighted by molar-refractivity contribution is 6.03. The van der Waals surface area contributed by atoms with Crippen molar-refractivity contribution in [2.75, 3.05) is 5.32 Å². The Morgan fingerprint density at radius 1 is 1.29 bits per heavy atom. The predicted molar refractivity (Wildman–Crippen MR) is 66.3 cm³/mol. The normalized spacial score (nSPS) is 10.5. The summed E-state index contributed by atoms with van der Waals surface area (Å²) in [5.41, 5.74) is -1.03. The molecule has 6 nitrogen and oxygen atoms in total. The summed E-state index contributed by atoms with van der Waals surface area (Å²) in [5, 5.41) is 12.6. The Hall–Kier alpha value is -2.84. The maximum absolute atomic E-state index is 13.4. The fourth-order valence-corrected chi connectivity index (χ4v) is 1.68. The molecule has 1 heterocycles. The first-order valence-corrected chi connectivity index (χ1v) is 5.57. The third-order valence-electron chi connectivity index (χ3n) is 2.72. The van der Waals surface area contributed by atoms with Gasteiger partial charge in [-0.3, -0.25) is 14.9 Å².